The first-order valence-electron chi connectivity index (χ1n) is 5.04. The smallest absolute Gasteiger partial charge is 0.310 e. The zero-order chi connectivity index (χ0) is 12.1. The maximum atomic E-state index is 11.3. The summed E-state index contributed by atoms with van der Waals surface area (Å²) in [5.74, 6) is 0.352. The molecule has 0 heterocycles. The highest BCUT2D eigenvalue weighted by Gasteiger charge is 2.14. The van der Waals surface area contributed by atoms with Crippen LogP contribution in [0.5, 0.6) is 5.75 Å². The van der Waals surface area contributed by atoms with E-state index in [4.69, 9.17) is 16.3 Å². The van der Waals surface area contributed by atoms with Crippen LogP contribution in [0.4, 0.5) is 0 Å². The summed E-state index contributed by atoms with van der Waals surface area (Å²) in [4.78, 5) is 11.3. The highest BCUT2D eigenvalue weighted by atomic mass is 35.5. The number of esters is 1. The Bertz CT molecular complexity index is 363. The first-order chi connectivity index (χ1) is 7.62. The van der Waals surface area contributed by atoms with Crippen molar-refractivity contribution in [2.24, 2.45) is 0 Å². The summed E-state index contributed by atoms with van der Waals surface area (Å²) < 4.78 is 9.88. The van der Waals surface area contributed by atoms with Crippen molar-refractivity contribution in [3.63, 3.8) is 0 Å². The third kappa shape index (κ3) is 2.89. The summed E-state index contributed by atoms with van der Waals surface area (Å²) in [6.45, 7) is 2.01. The average Bonchev–Trinajstić information content (AvgIpc) is 2.30. The molecule has 0 radical (unpaired) electrons. The highest BCUT2D eigenvalue weighted by Crippen LogP contribution is 2.28. The Morgan fingerprint density at radius 1 is 1.38 bits per heavy atom. The predicted octanol–water partition coefficient (Wildman–Crippen LogP) is 2.63. The van der Waals surface area contributed by atoms with Crippen LogP contribution in [0.15, 0.2) is 12.1 Å². The van der Waals surface area contributed by atoms with Gasteiger partial charge in [0.2, 0.25) is 0 Å². The van der Waals surface area contributed by atoms with E-state index < -0.39 is 0 Å². The molecule has 0 spiro atoms. The fraction of sp³-hybridized carbons (Fsp3) is 0.417. The van der Waals surface area contributed by atoms with Gasteiger partial charge >= 0.3 is 5.97 Å². The average molecular weight is 243 g/mol. The molecule has 0 atom stereocenters. The van der Waals surface area contributed by atoms with Gasteiger partial charge in [-0.3, -0.25) is 4.79 Å². The van der Waals surface area contributed by atoms with Gasteiger partial charge in [0.05, 0.1) is 20.6 Å². The van der Waals surface area contributed by atoms with Crippen molar-refractivity contribution >= 4 is 17.6 Å². The van der Waals surface area contributed by atoms with Crippen LogP contribution >= 0.6 is 11.6 Å². The Morgan fingerprint density at radius 3 is 2.56 bits per heavy atom. The van der Waals surface area contributed by atoms with Crippen LogP contribution in [0.1, 0.15) is 18.1 Å². The topological polar surface area (TPSA) is 35.5 Å². The molecule has 1 rings (SSSR count). The maximum absolute atomic E-state index is 11.3. The number of carbonyl (C=O) groups excluding carboxylic acids is 1. The van der Waals surface area contributed by atoms with Crippen LogP contribution in [0.3, 0.4) is 0 Å². The van der Waals surface area contributed by atoms with Crippen LogP contribution in [0.2, 0.25) is 5.02 Å². The molecule has 0 unspecified atom stereocenters. The van der Waals surface area contributed by atoms with Crippen molar-refractivity contribution < 1.29 is 14.3 Å². The zero-order valence-electron chi connectivity index (χ0n) is 9.67. The molecule has 1 aromatic rings. The molecule has 0 saturated carbocycles. The predicted molar refractivity (Wildman–Crippen MR) is 63.1 cm³/mol. The van der Waals surface area contributed by atoms with Gasteiger partial charge in [0.25, 0.3) is 0 Å². The Labute approximate surface area is 100 Å². The molecular weight excluding hydrogens is 228 g/mol. The van der Waals surface area contributed by atoms with Crippen molar-refractivity contribution in [2.45, 2.75) is 19.8 Å². The van der Waals surface area contributed by atoms with Gasteiger partial charge in [-0.1, -0.05) is 18.5 Å². The lowest BCUT2D eigenvalue weighted by Crippen LogP contribution is -2.08. The van der Waals surface area contributed by atoms with Gasteiger partial charge in [-0.2, -0.15) is 0 Å². The van der Waals surface area contributed by atoms with E-state index in [1.54, 1.807) is 13.2 Å². The van der Waals surface area contributed by atoms with Gasteiger partial charge in [-0.25, -0.2) is 0 Å². The molecular formula is C12H15ClO3. The number of hydrogen-bond donors (Lipinski definition) is 0. The summed E-state index contributed by atoms with van der Waals surface area (Å²) in [6, 6.07) is 3.56. The fourth-order valence-corrected chi connectivity index (χ4v) is 1.81. The molecule has 0 saturated heterocycles. The van der Waals surface area contributed by atoms with Crippen LogP contribution in [0.25, 0.3) is 0 Å². The standard InChI is InChI=1S/C12H15ClO3/c1-4-8-5-9(13)6-11(15-2)10(8)7-12(14)16-3/h5-6H,4,7H2,1-3H3. The van der Waals surface area contributed by atoms with Crippen LogP contribution < -0.4 is 4.74 Å². The number of carbonyl (C=O) groups is 1. The van der Waals surface area contributed by atoms with E-state index in [1.807, 2.05) is 13.0 Å². The van der Waals surface area contributed by atoms with Crippen molar-refractivity contribution in [1.82, 2.24) is 0 Å². The Hall–Kier alpha value is -1.22. The lowest BCUT2D eigenvalue weighted by Gasteiger charge is -2.12. The Balaban J connectivity index is 3.16. The molecule has 0 aliphatic carbocycles. The molecule has 0 aliphatic heterocycles. The third-order valence-corrected chi connectivity index (χ3v) is 2.63. The Morgan fingerprint density at radius 2 is 2.06 bits per heavy atom. The summed E-state index contributed by atoms with van der Waals surface area (Å²) >= 11 is 5.95. The summed E-state index contributed by atoms with van der Waals surface area (Å²) in [5.41, 5.74) is 1.86. The molecule has 0 N–H and O–H groups in total. The maximum Gasteiger partial charge on any atom is 0.310 e. The van der Waals surface area contributed by atoms with Gasteiger partial charge in [0.15, 0.2) is 0 Å². The van der Waals surface area contributed by atoms with E-state index in [-0.39, 0.29) is 12.4 Å². The number of rotatable bonds is 4. The van der Waals surface area contributed by atoms with Crippen LogP contribution in [-0.4, -0.2) is 20.2 Å². The van der Waals surface area contributed by atoms with Crippen molar-refractivity contribution in [2.75, 3.05) is 14.2 Å². The number of ether oxygens (including phenoxy) is 2. The number of halogens is 1. The van der Waals surface area contributed by atoms with E-state index in [0.29, 0.717) is 10.8 Å². The third-order valence-electron chi connectivity index (χ3n) is 2.42. The van der Waals surface area contributed by atoms with E-state index in [1.165, 1.54) is 7.11 Å². The lowest BCUT2D eigenvalue weighted by atomic mass is 10.0. The number of hydrogen-bond acceptors (Lipinski definition) is 3. The van der Waals surface area contributed by atoms with Gasteiger partial charge in [-0.05, 0) is 24.1 Å². The molecule has 3 nitrogen and oxygen atoms in total. The fourth-order valence-electron chi connectivity index (χ4n) is 1.58. The minimum Gasteiger partial charge on any atom is -0.496 e. The normalized spacial score (nSPS) is 10.0. The summed E-state index contributed by atoms with van der Waals surface area (Å²) in [7, 11) is 2.93. The number of aryl methyl sites for hydroxylation is 1. The van der Waals surface area contributed by atoms with E-state index in [2.05, 4.69) is 4.74 Å². The van der Waals surface area contributed by atoms with Crippen molar-refractivity contribution in [3.05, 3.63) is 28.3 Å². The van der Waals surface area contributed by atoms with E-state index in [0.717, 1.165) is 17.5 Å². The van der Waals surface area contributed by atoms with Gasteiger partial charge in [0.1, 0.15) is 5.75 Å². The second kappa shape index (κ2) is 5.75. The molecule has 88 valence electrons. The van der Waals surface area contributed by atoms with E-state index >= 15 is 0 Å². The largest absolute Gasteiger partial charge is 0.496 e. The summed E-state index contributed by atoms with van der Waals surface area (Å²) in [5, 5.41) is 0.613. The molecule has 1 aromatic carbocycles. The molecule has 0 aromatic heterocycles. The van der Waals surface area contributed by atoms with Gasteiger partial charge in [0, 0.05) is 10.6 Å². The zero-order valence-corrected chi connectivity index (χ0v) is 10.4. The quantitative estimate of drug-likeness (QED) is 0.762. The molecule has 0 bridgehead atoms. The minimum absolute atomic E-state index is 0.208. The molecule has 0 amide bonds. The minimum atomic E-state index is -0.282. The molecule has 0 fully saturated rings. The highest BCUT2D eigenvalue weighted by molar-refractivity contribution is 6.30. The van der Waals surface area contributed by atoms with Crippen LogP contribution in [-0.2, 0) is 22.4 Å². The lowest BCUT2D eigenvalue weighted by molar-refractivity contribution is -0.139. The second-order valence-corrected chi connectivity index (χ2v) is 3.79. The Kier molecular flexibility index (Phi) is 4.62. The van der Waals surface area contributed by atoms with Crippen molar-refractivity contribution in [3.8, 4) is 5.75 Å². The first-order valence-corrected chi connectivity index (χ1v) is 5.42. The molecule has 4 heteroatoms. The van der Waals surface area contributed by atoms with Crippen molar-refractivity contribution in [1.29, 1.82) is 0 Å². The number of benzene rings is 1. The van der Waals surface area contributed by atoms with Gasteiger partial charge < -0.3 is 9.47 Å². The molecule has 0 aliphatic rings. The monoisotopic (exact) mass is 242 g/mol. The number of methoxy groups -OCH3 is 2. The van der Waals surface area contributed by atoms with E-state index in [9.17, 15) is 4.79 Å². The van der Waals surface area contributed by atoms with Gasteiger partial charge in [-0.15, -0.1) is 0 Å². The SMILES string of the molecule is CCc1cc(Cl)cc(OC)c1CC(=O)OC. The van der Waals surface area contributed by atoms with Crippen LogP contribution in [0, 0.1) is 0 Å². The molecule has 16 heavy (non-hydrogen) atoms. The first kappa shape index (κ1) is 12.8. The summed E-state index contributed by atoms with van der Waals surface area (Å²) in [6.07, 6.45) is 1.00. The second-order valence-electron chi connectivity index (χ2n) is 3.35.